The van der Waals surface area contributed by atoms with Crippen LogP contribution in [-0.2, 0) is 10.0 Å². The molecule has 0 aliphatic carbocycles. The van der Waals surface area contributed by atoms with Crippen molar-refractivity contribution in [1.82, 2.24) is 19.3 Å². The van der Waals surface area contributed by atoms with E-state index in [0.717, 1.165) is 5.39 Å². The minimum atomic E-state index is -3.65. The first kappa shape index (κ1) is 20.6. The maximum Gasteiger partial charge on any atom is 0.244 e. The average Bonchev–Trinajstić information content (AvgIpc) is 3.23. The molecule has 2 heterocycles. The fourth-order valence-electron chi connectivity index (χ4n) is 3.08. The quantitative estimate of drug-likeness (QED) is 0.403. The number of anilines is 4. The lowest BCUT2D eigenvalue weighted by Crippen LogP contribution is -2.23. The van der Waals surface area contributed by atoms with Gasteiger partial charge in [0.25, 0.3) is 0 Å². The van der Waals surface area contributed by atoms with Crippen LogP contribution in [0.1, 0.15) is 0 Å². The first-order valence-electron chi connectivity index (χ1n) is 9.44. The highest BCUT2D eigenvalue weighted by Crippen LogP contribution is 2.31. The molecular weight excluding hydrogens is 416 g/mol. The molecule has 0 aliphatic rings. The Hall–Kier alpha value is -3.63. The van der Waals surface area contributed by atoms with Crippen LogP contribution in [0.5, 0.6) is 5.75 Å². The van der Waals surface area contributed by atoms with Crippen molar-refractivity contribution in [2.24, 2.45) is 0 Å². The van der Waals surface area contributed by atoms with Gasteiger partial charge in [-0.3, -0.25) is 0 Å². The van der Waals surface area contributed by atoms with Gasteiger partial charge in [-0.25, -0.2) is 12.7 Å². The molecule has 31 heavy (non-hydrogen) atoms. The van der Waals surface area contributed by atoms with E-state index in [1.165, 1.54) is 18.4 Å². The Labute approximate surface area is 180 Å². The summed E-state index contributed by atoms with van der Waals surface area (Å²) in [5, 5.41) is 7.05. The van der Waals surface area contributed by atoms with Crippen molar-refractivity contribution >= 4 is 44.2 Å². The molecule has 0 atom stereocenters. The van der Waals surface area contributed by atoms with Crippen LogP contribution in [0.4, 0.5) is 23.1 Å². The molecule has 4 rings (SSSR count). The number of nitrogens with one attached hydrogen (secondary N) is 3. The van der Waals surface area contributed by atoms with Crippen LogP contribution >= 0.6 is 0 Å². The van der Waals surface area contributed by atoms with Gasteiger partial charge >= 0.3 is 0 Å². The second kappa shape index (κ2) is 8.25. The van der Waals surface area contributed by atoms with E-state index in [0.29, 0.717) is 34.5 Å². The Morgan fingerprint density at radius 3 is 2.39 bits per heavy atom. The zero-order chi connectivity index (χ0) is 22.0. The van der Waals surface area contributed by atoms with E-state index in [9.17, 15) is 8.42 Å². The molecule has 0 unspecified atom stereocenters. The Kier molecular flexibility index (Phi) is 5.49. The Bertz CT molecular complexity index is 1330. The maximum absolute atomic E-state index is 12.8. The first-order valence-corrected chi connectivity index (χ1v) is 10.9. The summed E-state index contributed by atoms with van der Waals surface area (Å²) in [4.78, 5) is 12.3. The van der Waals surface area contributed by atoms with Gasteiger partial charge in [-0.1, -0.05) is 24.3 Å². The van der Waals surface area contributed by atoms with Crippen LogP contribution in [0.25, 0.3) is 11.0 Å². The van der Waals surface area contributed by atoms with Crippen LogP contribution in [0, 0.1) is 0 Å². The molecule has 0 fully saturated rings. The topological polar surface area (TPSA) is 112 Å². The minimum absolute atomic E-state index is 0.154. The number of H-pyrrole nitrogens is 1. The maximum atomic E-state index is 12.8. The van der Waals surface area contributed by atoms with Gasteiger partial charge < -0.3 is 20.4 Å². The van der Waals surface area contributed by atoms with Crippen LogP contribution in [0.15, 0.2) is 65.7 Å². The molecule has 0 bridgehead atoms. The SMILES string of the molecule is COc1ccccc1Nc1nc(Nc2ccccc2S(=O)(=O)N(C)C)c2cc[nH]c2n1. The highest BCUT2D eigenvalue weighted by molar-refractivity contribution is 7.89. The normalized spacial score (nSPS) is 11.6. The number of hydrogen-bond acceptors (Lipinski definition) is 7. The highest BCUT2D eigenvalue weighted by Gasteiger charge is 2.22. The van der Waals surface area contributed by atoms with Crippen molar-refractivity contribution in [2.75, 3.05) is 31.8 Å². The predicted molar refractivity (Wildman–Crippen MR) is 121 cm³/mol. The molecule has 4 aromatic rings. The number of rotatable bonds is 7. The lowest BCUT2D eigenvalue weighted by Gasteiger charge is -2.17. The zero-order valence-electron chi connectivity index (χ0n) is 17.2. The van der Waals surface area contributed by atoms with Crippen molar-refractivity contribution in [3.05, 3.63) is 60.8 Å². The van der Waals surface area contributed by atoms with E-state index in [2.05, 4.69) is 25.6 Å². The summed E-state index contributed by atoms with van der Waals surface area (Å²) in [7, 11) is 0.933. The predicted octanol–water partition coefficient (Wildman–Crippen LogP) is 3.70. The zero-order valence-corrected chi connectivity index (χ0v) is 18.1. The molecule has 160 valence electrons. The van der Waals surface area contributed by atoms with Crippen LogP contribution in [0.3, 0.4) is 0 Å². The molecular formula is C21H22N6O3S. The van der Waals surface area contributed by atoms with Crippen molar-refractivity contribution in [3.8, 4) is 5.75 Å². The number of ether oxygens (including phenoxy) is 1. The van der Waals surface area contributed by atoms with Crippen LogP contribution in [0.2, 0.25) is 0 Å². The number of para-hydroxylation sites is 3. The third kappa shape index (κ3) is 4.03. The Balaban J connectivity index is 1.77. The smallest absolute Gasteiger partial charge is 0.244 e. The molecule has 10 heteroatoms. The number of fused-ring (bicyclic) bond motifs is 1. The lowest BCUT2D eigenvalue weighted by atomic mass is 10.3. The third-order valence-corrected chi connectivity index (χ3v) is 6.54. The monoisotopic (exact) mass is 438 g/mol. The van der Waals surface area contributed by atoms with Crippen LogP contribution < -0.4 is 15.4 Å². The van der Waals surface area contributed by atoms with Crippen molar-refractivity contribution in [2.45, 2.75) is 4.90 Å². The molecule has 0 radical (unpaired) electrons. The highest BCUT2D eigenvalue weighted by atomic mass is 32.2. The second-order valence-corrected chi connectivity index (χ2v) is 8.99. The molecule has 2 aromatic heterocycles. The summed E-state index contributed by atoms with van der Waals surface area (Å²) >= 11 is 0. The number of hydrogen-bond donors (Lipinski definition) is 3. The Morgan fingerprint density at radius 2 is 1.65 bits per heavy atom. The molecule has 0 saturated carbocycles. The van der Waals surface area contributed by atoms with E-state index in [-0.39, 0.29) is 4.90 Å². The van der Waals surface area contributed by atoms with Gasteiger partial charge in [0.1, 0.15) is 22.1 Å². The summed E-state index contributed by atoms with van der Waals surface area (Å²) in [6, 6.07) is 16.0. The largest absolute Gasteiger partial charge is 0.495 e. The Morgan fingerprint density at radius 1 is 0.935 bits per heavy atom. The standard InChI is InChI=1S/C21H22N6O3S/c1-27(2)31(28,29)18-11-7-5-9-16(18)23-20-14-12-13-22-19(14)25-21(26-20)24-15-8-4-6-10-17(15)30-3/h4-13H,1-3H3,(H3,22,23,24,25,26). The number of aromatic amines is 1. The van der Waals surface area contributed by atoms with Crippen molar-refractivity contribution in [3.63, 3.8) is 0 Å². The van der Waals surface area contributed by atoms with Crippen molar-refractivity contribution < 1.29 is 13.2 Å². The molecule has 0 amide bonds. The number of sulfonamides is 1. The van der Waals surface area contributed by atoms with E-state index in [1.807, 2.05) is 30.3 Å². The molecule has 0 aliphatic heterocycles. The van der Waals surface area contributed by atoms with Crippen molar-refractivity contribution in [1.29, 1.82) is 0 Å². The van der Waals surface area contributed by atoms with Crippen LogP contribution in [-0.4, -0.2) is 48.9 Å². The number of benzene rings is 2. The molecule has 9 nitrogen and oxygen atoms in total. The summed E-state index contributed by atoms with van der Waals surface area (Å²) in [6.45, 7) is 0. The lowest BCUT2D eigenvalue weighted by molar-refractivity contribution is 0.417. The minimum Gasteiger partial charge on any atom is -0.495 e. The van der Waals surface area contributed by atoms with Gasteiger partial charge in [-0.15, -0.1) is 0 Å². The summed E-state index contributed by atoms with van der Waals surface area (Å²) in [5.74, 6) is 1.44. The van der Waals surface area contributed by atoms with E-state index in [4.69, 9.17) is 4.74 Å². The first-order chi connectivity index (χ1) is 14.9. The van der Waals surface area contributed by atoms with E-state index in [1.54, 1.807) is 37.6 Å². The summed E-state index contributed by atoms with van der Waals surface area (Å²) in [6.07, 6.45) is 1.75. The molecule has 0 spiro atoms. The fraction of sp³-hybridized carbons (Fsp3) is 0.143. The average molecular weight is 439 g/mol. The molecule has 3 N–H and O–H groups in total. The second-order valence-electron chi connectivity index (χ2n) is 6.87. The van der Waals surface area contributed by atoms with E-state index >= 15 is 0 Å². The summed E-state index contributed by atoms with van der Waals surface area (Å²) in [5.41, 5.74) is 1.72. The van der Waals surface area contributed by atoms with E-state index < -0.39 is 10.0 Å². The van der Waals surface area contributed by atoms with Gasteiger partial charge in [0, 0.05) is 20.3 Å². The number of methoxy groups -OCH3 is 1. The van der Waals surface area contributed by atoms with Gasteiger partial charge in [0.2, 0.25) is 16.0 Å². The van der Waals surface area contributed by atoms with Gasteiger partial charge in [-0.05, 0) is 30.3 Å². The summed E-state index contributed by atoms with van der Waals surface area (Å²) < 4.78 is 32.1. The molecule has 0 saturated heterocycles. The fourth-order valence-corrected chi connectivity index (χ4v) is 4.12. The van der Waals surface area contributed by atoms with Gasteiger partial charge in [-0.2, -0.15) is 9.97 Å². The molecule has 2 aromatic carbocycles. The van der Waals surface area contributed by atoms with Gasteiger partial charge in [0.05, 0.1) is 23.9 Å². The van der Waals surface area contributed by atoms with Gasteiger partial charge in [0.15, 0.2) is 0 Å². The number of nitrogens with zero attached hydrogens (tertiary/aromatic N) is 3. The number of aromatic nitrogens is 3. The third-order valence-electron chi connectivity index (χ3n) is 4.67.